The second-order valence-corrected chi connectivity index (χ2v) is 7.37. The fourth-order valence-corrected chi connectivity index (χ4v) is 3.34. The first-order valence-corrected chi connectivity index (χ1v) is 9.71. The minimum Gasteiger partial charge on any atom is -0.458 e. The Morgan fingerprint density at radius 1 is 1.16 bits per heavy atom. The Morgan fingerprint density at radius 2 is 1.97 bits per heavy atom. The van der Waals surface area contributed by atoms with Crippen LogP contribution in [0.25, 0.3) is 28.0 Å². The van der Waals surface area contributed by atoms with Gasteiger partial charge in [0.1, 0.15) is 17.2 Å². The number of carbonyl (C=O) groups is 1. The number of pyridine rings is 1. The van der Waals surface area contributed by atoms with Crippen molar-refractivity contribution in [3.63, 3.8) is 0 Å². The second kappa shape index (κ2) is 7.88. The summed E-state index contributed by atoms with van der Waals surface area (Å²) in [6.45, 7) is 5.37. The predicted octanol–water partition coefficient (Wildman–Crippen LogP) is 3.79. The number of hydrogen-bond acceptors (Lipinski definition) is 7. The van der Waals surface area contributed by atoms with Crippen molar-refractivity contribution in [3.8, 4) is 28.5 Å². The molecule has 0 saturated carbocycles. The maximum Gasteiger partial charge on any atom is 0.357 e. The van der Waals surface area contributed by atoms with Crippen LogP contribution < -0.4 is 5.73 Å². The molecule has 0 saturated heterocycles. The number of aryl methyl sites for hydroxylation is 1. The van der Waals surface area contributed by atoms with Crippen LogP contribution in [0.4, 0.5) is 5.82 Å². The Kier molecular flexibility index (Phi) is 5.09. The molecular weight excluding hydrogens is 392 g/mol. The first kappa shape index (κ1) is 20.0. The van der Waals surface area contributed by atoms with E-state index in [4.69, 9.17) is 10.5 Å². The molecule has 8 nitrogen and oxygen atoms in total. The molecule has 2 N–H and O–H groups in total. The zero-order valence-electron chi connectivity index (χ0n) is 17.3. The molecule has 0 aliphatic carbocycles. The highest BCUT2D eigenvalue weighted by molar-refractivity contribution is 5.94. The quantitative estimate of drug-likeness (QED) is 0.506. The standard InChI is InChI=1S/C23H20N6O2/c1-13(2)31-23(30)18-11-17(9-14(3)26-18)20-21(16-6-4-5-15(10-16)12-24)28-29-8-7-19(25)27-22(20)29/h4-11,13H,1-3H3,(H2,25,27). The predicted molar refractivity (Wildman–Crippen MR) is 116 cm³/mol. The van der Waals surface area contributed by atoms with Gasteiger partial charge in [-0.25, -0.2) is 19.3 Å². The number of nitrogens with two attached hydrogens (primary N) is 1. The van der Waals surface area contributed by atoms with Crippen LogP contribution >= 0.6 is 0 Å². The second-order valence-electron chi connectivity index (χ2n) is 7.37. The van der Waals surface area contributed by atoms with E-state index in [2.05, 4.69) is 21.1 Å². The number of rotatable bonds is 4. The van der Waals surface area contributed by atoms with Gasteiger partial charge < -0.3 is 10.5 Å². The first-order chi connectivity index (χ1) is 14.9. The maximum absolute atomic E-state index is 12.5. The van der Waals surface area contributed by atoms with E-state index in [0.29, 0.717) is 39.5 Å². The van der Waals surface area contributed by atoms with E-state index in [1.165, 1.54) is 0 Å². The van der Waals surface area contributed by atoms with Crippen LogP contribution in [0, 0.1) is 18.3 Å². The molecule has 0 spiro atoms. The molecule has 4 rings (SSSR count). The van der Waals surface area contributed by atoms with Crippen molar-refractivity contribution < 1.29 is 9.53 Å². The molecule has 0 aliphatic rings. The summed E-state index contributed by atoms with van der Waals surface area (Å²) in [4.78, 5) is 21.3. The number of aromatic nitrogens is 4. The third-order valence-electron chi connectivity index (χ3n) is 4.57. The average molecular weight is 412 g/mol. The third kappa shape index (κ3) is 3.94. The van der Waals surface area contributed by atoms with Crippen LogP contribution in [0.5, 0.6) is 0 Å². The van der Waals surface area contributed by atoms with Gasteiger partial charge in [0.05, 0.1) is 23.3 Å². The highest BCUT2D eigenvalue weighted by atomic mass is 16.5. The van der Waals surface area contributed by atoms with Gasteiger partial charge in [0.2, 0.25) is 0 Å². The summed E-state index contributed by atoms with van der Waals surface area (Å²) in [7, 11) is 0. The molecule has 4 aromatic rings. The zero-order chi connectivity index (χ0) is 22.1. The number of carbonyl (C=O) groups excluding carboxylic acids is 1. The number of esters is 1. The van der Waals surface area contributed by atoms with Gasteiger partial charge in [0, 0.05) is 17.5 Å². The molecule has 0 amide bonds. The first-order valence-electron chi connectivity index (χ1n) is 9.71. The van der Waals surface area contributed by atoms with Gasteiger partial charge in [-0.15, -0.1) is 0 Å². The lowest BCUT2D eigenvalue weighted by molar-refractivity contribution is 0.0370. The number of hydrogen-bond donors (Lipinski definition) is 1. The topological polar surface area (TPSA) is 119 Å². The number of anilines is 1. The summed E-state index contributed by atoms with van der Waals surface area (Å²) in [5.74, 6) is -0.159. The van der Waals surface area contributed by atoms with Crippen LogP contribution in [0.15, 0.2) is 48.7 Å². The van der Waals surface area contributed by atoms with Crippen LogP contribution in [-0.2, 0) is 4.74 Å². The third-order valence-corrected chi connectivity index (χ3v) is 4.57. The summed E-state index contributed by atoms with van der Waals surface area (Å²) < 4.78 is 6.95. The largest absolute Gasteiger partial charge is 0.458 e. The average Bonchev–Trinajstić information content (AvgIpc) is 3.11. The summed E-state index contributed by atoms with van der Waals surface area (Å²) >= 11 is 0. The number of nitrogen functional groups attached to an aromatic ring is 1. The molecule has 0 bridgehead atoms. The van der Waals surface area contributed by atoms with E-state index < -0.39 is 5.97 Å². The minimum absolute atomic E-state index is 0.198. The highest BCUT2D eigenvalue weighted by Gasteiger charge is 2.21. The summed E-state index contributed by atoms with van der Waals surface area (Å²) in [5, 5.41) is 14.0. The molecule has 3 heterocycles. The normalized spacial score (nSPS) is 10.9. The number of nitriles is 1. The van der Waals surface area contributed by atoms with E-state index in [-0.39, 0.29) is 11.8 Å². The van der Waals surface area contributed by atoms with E-state index in [9.17, 15) is 10.1 Å². The Bertz CT molecular complexity index is 1350. The van der Waals surface area contributed by atoms with Crippen LogP contribution in [-0.4, -0.2) is 31.7 Å². The van der Waals surface area contributed by atoms with E-state index in [1.807, 2.05) is 12.1 Å². The number of ether oxygens (including phenoxy) is 1. The van der Waals surface area contributed by atoms with Crippen molar-refractivity contribution >= 4 is 17.4 Å². The molecule has 0 atom stereocenters. The fraction of sp³-hybridized carbons (Fsp3) is 0.174. The summed E-state index contributed by atoms with van der Waals surface area (Å²) in [5.41, 5.74) is 10.6. The SMILES string of the molecule is Cc1cc(-c2c(-c3cccc(C#N)c3)nn3ccc(N)nc23)cc(C(=O)OC(C)C)n1. The molecule has 31 heavy (non-hydrogen) atoms. The lowest BCUT2D eigenvalue weighted by Crippen LogP contribution is -2.13. The van der Waals surface area contributed by atoms with Crippen LogP contribution in [0.3, 0.4) is 0 Å². The molecule has 3 aromatic heterocycles. The Morgan fingerprint density at radius 3 is 2.71 bits per heavy atom. The van der Waals surface area contributed by atoms with Gasteiger partial charge in [-0.1, -0.05) is 12.1 Å². The van der Waals surface area contributed by atoms with E-state index in [1.54, 1.807) is 61.8 Å². The van der Waals surface area contributed by atoms with Crippen molar-refractivity contribution in [2.24, 2.45) is 0 Å². The molecular formula is C23H20N6O2. The van der Waals surface area contributed by atoms with Crippen molar-refractivity contribution in [1.82, 2.24) is 19.6 Å². The molecule has 0 radical (unpaired) electrons. The van der Waals surface area contributed by atoms with Gasteiger partial charge in [-0.05, 0) is 56.7 Å². The molecule has 0 fully saturated rings. The van der Waals surface area contributed by atoms with E-state index >= 15 is 0 Å². The van der Waals surface area contributed by atoms with Crippen molar-refractivity contribution in [1.29, 1.82) is 5.26 Å². The maximum atomic E-state index is 12.5. The van der Waals surface area contributed by atoms with Crippen LogP contribution in [0.2, 0.25) is 0 Å². The van der Waals surface area contributed by atoms with Gasteiger partial charge in [-0.2, -0.15) is 10.4 Å². The number of nitrogens with zero attached hydrogens (tertiary/aromatic N) is 5. The molecule has 0 aliphatic heterocycles. The fourth-order valence-electron chi connectivity index (χ4n) is 3.34. The minimum atomic E-state index is -0.503. The highest BCUT2D eigenvalue weighted by Crippen LogP contribution is 2.35. The molecule has 0 unspecified atom stereocenters. The molecule has 1 aromatic carbocycles. The van der Waals surface area contributed by atoms with Crippen molar-refractivity contribution in [2.45, 2.75) is 26.9 Å². The van der Waals surface area contributed by atoms with Gasteiger partial charge in [-0.3, -0.25) is 0 Å². The number of benzene rings is 1. The summed E-state index contributed by atoms with van der Waals surface area (Å²) in [6, 6.07) is 14.5. The summed E-state index contributed by atoms with van der Waals surface area (Å²) in [6.07, 6.45) is 1.46. The molecule has 154 valence electrons. The van der Waals surface area contributed by atoms with Crippen LogP contribution in [0.1, 0.15) is 35.6 Å². The number of fused-ring (bicyclic) bond motifs is 1. The van der Waals surface area contributed by atoms with Gasteiger partial charge in [0.15, 0.2) is 5.65 Å². The zero-order valence-corrected chi connectivity index (χ0v) is 17.3. The Balaban J connectivity index is 1.99. The monoisotopic (exact) mass is 412 g/mol. The van der Waals surface area contributed by atoms with Gasteiger partial charge >= 0.3 is 5.97 Å². The smallest absolute Gasteiger partial charge is 0.357 e. The van der Waals surface area contributed by atoms with Crippen molar-refractivity contribution in [2.75, 3.05) is 5.73 Å². The van der Waals surface area contributed by atoms with Crippen molar-refractivity contribution in [3.05, 3.63) is 65.6 Å². The lowest BCUT2D eigenvalue weighted by Gasteiger charge is -2.10. The molecule has 8 heteroatoms. The van der Waals surface area contributed by atoms with Gasteiger partial charge in [0.25, 0.3) is 0 Å². The Hall–Kier alpha value is -4.25. The lowest BCUT2D eigenvalue weighted by atomic mass is 9.99. The van der Waals surface area contributed by atoms with E-state index in [0.717, 1.165) is 5.56 Å². The Labute approximate surface area is 178 Å².